The van der Waals surface area contributed by atoms with Crippen LogP contribution in [0.2, 0.25) is 0 Å². The van der Waals surface area contributed by atoms with Crippen LogP contribution in [0.15, 0.2) is 18.2 Å². The van der Waals surface area contributed by atoms with Crippen molar-refractivity contribution in [2.75, 3.05) is 13.7 Å². The van der Waals surface area contributed by atoms with E-state index in [0.717, 1.165) is 18.2 Å². The molecule has 100 valence electrons. The number of carbonyl (C=O) groups excluding carboxylic acids is 1. The van der Waals surface area contributed by atoms with Crippen LogP contribution in [0.25, 0.3) is 0 Å². The van der Waals surface area contributed by atoms with Crippen molar-refractivity contribution in [3.05, 3.63) is 35.4 Å². The molecule has 0 aliphatic rings. The first-order chi connectivity index (χ1) is 8.58. The van der Waals surface area contributed by atoms with Gasteiger partial charge in [-0.25, -0.2) is 8.78 Å². The summed E-state index contributed by atoms with van der Waals surface area (Å²) in [4.78, 5) is 11.3. The van der Waals surface area contributed by atoms with Crippen LogP contribution < -0.4 is 5.32 Å². The van der Waals surface area contributed by atoms with Gasteiger partial charge < -0.3 is 10.1 Å². The van der Waals surface area contributed by atoms with E-state index in [0.29, 0.717) is 24.9 Å². The van der Waals surface area contributed by atoms with Crippen molar-refractivity contribution in [3.8, 4) is 0 Å². The van der Waals surface area contributed by atoms with E-state index in [1.165, 1.54) is 7.11 Å². The molecule has 0 radical (unpaired) electrons. The smallest absolute Gasteiger partial charge is 0.322 e. The van der Waals surface area contributed by atoms with E-state index in [9.17, 15) is 13.6 Å². The molecule has 1 aromatic rings. The Labute approximate surface area is 105 Å². The van der Waals surface area contributed by atoms with Gasteiger partial charge in [0.1, 0.15) is 17.7 Å². The number of hydrogen-bond acceptors (Lipinski definition) is 3. The number of nitrogens with one attached hydrogen (secondary N) is 1. The van der Waals surface area contributed by atoms with Crippen LogP contribution >= 0.6 is 0 Å². The molecule has 0 spiro atoms. The third-order valence-electron chi connectivity index (χ3n) is 2.69. The lowest BCUT2D eigenvalue weighted by molar-refractivity contribution is -0.143. The Kier molecular flexibility index (Phi) is 5.71. The summed E-state index contributed by atoms with van der Waals surface area (Å²) >= 11 is 0. The fraction of sp³-hybridized carbons (Fsp3) is 0.462. The highest BCUT2D eigenvalue weighted by atomic mass is 19.1. The molecule has 3 nitrogen and oxygen atoms in total. The summed E-state index contributed by atoms with van der Waals surface area (Å²) in [5, 5.41) is 2.95. The van der Waals surface area contributed by atoms with Crippen LogP contribution in [-0.2, 0) is 16.0 Å². The van der Waals surface area contributed by atoms with Crippen LogP contribution in [0, 0.1) is 11.6 Å². The molecule has 1 rings (SSSR count). The van der Waals surface area contributed by atoms with Gasteiger partial charge in [-0.3, -0.25) is 4.79 Å². The number of methoxy groups -OCH3 is 1. The number of ether oxygens (including phenoxy) is 1. The molecule has 5 heteroatoms. The second-order valence-electron chi connectivity index (χ2n) is 3.92. The van der Waals surface area contributed by atoms with Crippen molar-refractivity contribution in [2.45, 2.75) is 25.8 Å². The number of esters is 1. The van der Waals surface area contributed by atoms with Gasteiger partial charge in [-0.2, -0.15) is 0 Å². The molecule has 1 atom stereocenters. The second-order valence-corrected chi connectivity index (χ2v) is 3.92. The molecule has 1 N–H and O–H groups in total. The SMILES string of the molecule is CC[C@@H](NCCc1cc(F)ccc1F)C(=O)OC. The van der Waals surface area contributed by atoms with Crippen LogP contribution in [0.5, 0.6) is 0 Å². The van der Waals surface area contributed by atoms with Gasteiger partial charge in [0.25, 0.3) is 0 Å². The molecule has 0 amide bonds. The van der Waals surface area contributed by atoms with Gasteiger partial charge in [0.15, 0.2) is 0 Å². The zero-order valence-electron chi connectivity index (χ0n) is 10.5. The standard InChI is InChI=1S/C13H17F2NO2/c1-3-12(13(17)18-2)16-7-6-9-8-10(14)4-5-11(9)15/h4-5,8,12,16H,3,6-7H2,1-2H3/t12-/m1/s1. The summed E-state index contributed by atoms with van der Waals surface area (Å²) in [7, 11) is 1.32. The molecule has 0 heterocycles. The first-order valence-corrected chi connectivity index (χ1v) is 5.83. The number of hydrogen-bond donors (Lipinski definition) is 1. The summed E-state index contributed by atoms with van der Waals surface area (Å²) in [6, 6.07) is 2.93. The van der Waals surface area contributed by atoms with Gasteiger partial charge in [0.2, 0.25) is 0 Å². The molecule has 0 fully saturated rings. The minimum absolute atomic E-state index is 0.294. The van der Waals surface area contributed by atoms with Crippen molar-refractivity contribution in [3.63, 3.8) is 0 Å². The average Bonchev–Trinajstić information content (AvgIpc) is 2.37. The third-order valence-corrected chi connectivity index (χ3v) is 2.69. The Morgan fingerprint density at radius 2 is 2.17 bits per heavy atom. The highest BCUT2D eigenvalue weighted by Gasteiger charge is 2.15. The average molecular weight is 257 g/mol. The van der Waals surface area contributed by atoms with Gasteiger partial charge >= 0.3 is 5.97 Å². The summed E-state index contributed by atoms with van der Waals surface area (Å²) in [5.41, 5.74) is 0.294. The monoisotopic (exact) mass is 257 g/mol. The van der Waals surface area contributed by atoms with E-state index in [4.69, 9.17) is 0 Å². The zero-order chi connectivity index (χ0) is 13.5. The molecule has 0 aliphatic heterocycles. The van der Waals surface area contributed by atoms with Crippen molar-refractivity contribution in [2.24, 2.45) is 0 Å². The maximum atomic E-state index is 13.3. The fourth-order valence-corrected chi connectivity index (χ4v) is 1.65. The molecule has 0 bridgehead atoms. The van der Waals surface area contributed by atoms with Crippen LogP contribution in [0.1, 0.15) is 18.9 Å². The summed E-state index contributed by atoms with van der Waals surface area (Å²) < 4.78 is 30.8. The quantitative estimate of drug-likeness (QED) is 0.793. The Hall–Kier alpha value is -1.49. The molecular formula is C13H17F2NO2. The van der Waals surface area contributed by atoms with Gasteiger partial charge in [-0.05, 0) is 36.6 Å². The molecule has 0 saturated carbocycles. The molecule has 0 aromatic heterocycles. The lowest BCUT2D eigenvalue weighted by atomic mass is 10.1. The van der Waals surface area contributed by atoms with E-state index in [2.05, 4.69) is 10.1 Å². The number of benzene rings is 1. The Balaban J connectivity index is 2.50. The Morgan fingerprint density at radius 3 is 2.78 bits per heavy atom. The second kappa shape index (κ2) is 7.06. The first-order valence-electron chi connectivity index (χ1n) is 5.83. The van der Waals surface area contributed by atoms with Crippen LogP contribution in [0.4, 0.5) is 8.78 Å². The van der Waals surface area contributed by atoms with Gasteiger partial charge in [0.05, 0.1) is 7.11 Å². The minimum atomic E-state index is -0.466. The van der Waals surface area contributed by atoms with Crippen LogP contribution in [-0.4, -0.2) is 25.7 Å². The minimum Gasteiger partial charge on any atom is -0.468 e. The van der Waals surface area contributed by atoms with Crippen molar-refractivity contribution < 1.29 is 18.3 Å². The van der Waals surface area contributed by atoms with Gasteiger partial charge in [-0.1, -0.05) is 6.92 Å². The Morgan fingerprint density at radius 1 is 1.44 bits per heavy atom. The first kappa shape index (κ1) is 14.6. The fourth-order valence-electron chi connectivity index (χ4n) is 1.65. The number of carbonyl (C=O) groups is 1. The molecule has 0 saturated heterocycles. The van der Waals surface area contributed by atoms with Gasteiger partial charge in [0, 0.05) is 6.54 Å². The third kappa shape index (κ3) is 4.07. The molecular weight excluding hydrogens is 240 g/mol. The topological polar surface area (TPSA) is 38.3 Å². The van der Waals surface area contributed by atoms with Crippen molar-refractivity contribution >= 4 is 5.97 Å². The molecule has 18 heavy (non-hydrogen) atoms. The molecule has 0 unspecified atom stereocenters. The lowest BCUT2D eigenvalue weighted by Crippen LogP contribution is -2.38. The highest BCUT2D eigenvalue weighted by Crippen LogP contribution is 2.10. The largest absolute Gasteiger partial charge is 0.468 e. The predicted octanol–water partition coefficient (Wildman–Crippen LogP) is 2.05. The van der Waals surface area contributed by atoms with Crippen molar-refractivity contribution in [1.29, 1.82) is 0 Å². The number of halogens is 2. The summed E-state index contributed by atoms with van der Waals surface area (Å²) in [5.74, 6) is -1.26. The van der Waals surface area contributed by atoms with E-state index >= 15 is 0 Å². The Bertz CT molecular complexity index is 410. The van der Waals surface area contributed by atoms with Gasteiger partial charge in [-0.15, -0.1) is 0 Å². The molecule has 1 aromatic carbocycles. The molecule has 0 aliphatic carbocycles. The van der Waals surface area contributed by atoms with E-state index in [-0.39, 0.29) is 5.97 Å². The van der Waals surface area contributed by atoms with E-state index in [1.54, 1.807) is 0 Å². The summed E-state index contributed by atoms with van der Waals surface area (Å²) in [6.07, 6.45) is 0.898. The predicted molar refractivity (Wildman–Crippen MR) is 64.2 cm³/mol. The zero-order valence-corrected chi connectivity index (χ0v) is 10.5. The maximum Gasteiger partial charge on any atom is 0.322 e. The number of rotatable bonds is 6. The highest BCUT2D eigenvalue weighted by molar-refractivity contribution is 5.75. The van der Waals surface area contributed by atoms with Crippen molar-refractivity contribution in [1.82, 2.24) is 5.32 Å². The van der Waals surface area contributed by atoms with E-state index in [1.807, 2.05) is 6.92 Å². The normalized spacial score (nSPS) is 12.2. The van der Waals surface area contributed by atoms with E-state index < -0.39 is 17.7 Å². The maximum absolute atomic E-state index is 13.3. The lowest BCUT2D eigenvalue weighted by Gasteiger charge is -2.14. The van der Waals surface area contributed by atoms with Crippen LogP contribution in [0.3, 0.4) is 0 Å². The summed E-state index contributed by atoms with van der Waals surface area (Å²) in [6.45, 7) is 2.23.